The Kier molecular flexibility index (Phi) is 6.10. The van der Waals surface area contributed by atoms with Crippen molar-refractivity contribution in [1.82, 2.24) is 10.6 Å². The number of amides is 2. The summed E-state index contributed by atoms with van der Waals surface area (Å²) in [7, 11) is 0. The van der Waals surface area contributed by atoms with Crippen molar-refractivity contribution in [2.75, 3.05) is 12.0 Å². The second kappa shape index (κ2) is 7.86. The lowest BCUT2D eigenvalue weighted by molar-refractivity contribution is -0.136. The number of rotatable bonds is 6. The van der Waals surface area contributed by atoms with Gasteiger partial charge in [-0.2, -0.15) is 11.8 Å². The Morgan fingerprint density at radius 3 is 2.00 bits per heavy atom. The van der Waals surface area contributed by atoms with Crippen LogP contribution in [0.3, 0.4) is 0 Å². The van der Waals surface area contributed by atoms with E-state index in [4.69, 9.17) is 0 Å². The van der Waals surface area contributed by atoms with E-state index in [0.717, 1.165) is 12.2 Å². The molecule has 1 fully saturated rings. The van der Waals surface area contributed by atoms with E-state index in [1.165, 1.54) is 22.3 Å². The van der Waals surface area contributed by atoms with E-state index in [9.17, 15) is 9.59 Å². The number of benzene rings is 1. The van der Waals surface area contributed by atoms with Gasteiger partial charge in [0.15, 0.2) is 0 Å². The molecule has 126 valence electrons. The fraction of sp³-hybridized carbons (Fsp3) is 0.556. The Morgan fingerprint density at radius 1 is 0.957 bits per heavy atom. The van der Waals surface area contributed by atoms with Crippen molar-refractivity contribution >= 4 is 23.6 Å². The molecule has 1 aliphatic rings. The maximum atomic E-state index is 12.2. The van der Waals surface area contributed by atoms with Crippen LogP contribution < -0.4 is 10.6 Å². The highest BCUT2D eigenvalue weighted by Gasteiger charge is 2.32. The van der Waals surface area contributed by atoms with E-state index < -0.39 is 6.04 Å². The number of nitrogens with one attached hydrogen (secondary N) is 2. The minimum absolute atomic E-state index is 0.0546. The maximum Gasteiger partial charge on any atom is 0.243 e. The molecule has 23 heavy (non-hydrogen) atoms. The van der Waals surface area contributed by atoms with Crippen LogP contribution in [-0.4, -0.2) is 35.9 Å². The van der Waals surface area contributed by atoms with Gasteiger partial charge in [-0.3, -0.25) is 9.59 Å². The van der Waals surface area contributed by atoms with Crippen molar-refractivity contribution in [3.63, 3.8) is 0 Å². The van der Waals surface area contributed by atoms with Gasteiger partial charge in [-0.15, -0.1) is 0 Å². The Morgan fingerprint density at radius 2 is 1.48 bits per heavy atom. The lowest BCUT2D eigenvalue weighted by Crippen LogP contribution is -2.61. The summed E-state index contributed by atoms with van der Waals surface area (Å²) in [4.78, 5) is 24.3. The molecule has 4 nitrogen and oxygen atoms in total. The lowest BCUT2D eigenvalue weighted by Gasteiger charge is -2.29. The first-order valence-corrected chi connectivity index (χ1v) is 9.48. The highest BCUT2D eigenvalue weighted by atomic mass is 32.2. The van der Waals surface area contributed by atoms with E-state index in [1.807, 2.05) is 6.26 Å². The van der Waals surface area contributed by atoms with Gasteiger partial charge in [-0.1, -0.05) is 17.7 Å². The van der Waals surface area contributed by atoms with Gasteiger partial charge in [0.2, 0.25) is 11.8 Å². The summed E-state index contributed by atoms with van der Waals surface area (Å²) in [6, 6.07) is 3.53. The molecule has 2 unspecified atom stereocenters. The molecular weight excluding hydrogens is 308 g/mol. The summed E-state index contributed by atoms with van der Waals surface area (Å²) < 4.78 is 0. The lowest BCUT2D eigenvalue weighted by atomic mass is 9.93. The van der Waals surface area contributed by atoms with Crippen molar-refractivity contribution < 1.29 is 9.59 Å². The van der Waals surface area contributed by atoms with Crippen molar-refractivity contribution in [3.05, 3.63) is 34.4 Å². The van der Waals surface area contributed by atoms with Crippen LogP contribution in [0.4, 0.5) is 0 Å². The smallest absolute Gasteiger partial charge is 0.243 e. The number of carbonyl (C=O) groups excluding carboxylic acids is 2. The van der Waals surface area contributed by atoms with Crippen LogP contribution in [0.2, 0.25) is 0 Å². The van der Waals surface area contributed by atoms with Crippen LogP contribution in [0.1, 0.15) is 35.1 Å². The highest BCUT2D eigenvalue weighted by Crippen LogP contribution is 2.19. The molecule has 1 aromatic carbocycles. The Labute approximate surface area is 142 Å². The summed E-state index contributed by atoms with van der Waals surface area (Å²) in [6.07, 6.45) is 4.11. The fourth-order valence-corrected chi connectivity index (χ4v) is 3.68. The molecule has 0 aromatic heterocycles. The Bertz CT molecular complexity index is 578. The average Bonchev–Trinajstić information content (AvgIpc) is 2.47. The van der Waals surface area contributed by atoms with Crippen molar-refractivity contribution in [2.45, 2.75) is 52.1 Å². The topological polar surface area (TPSA) is 58.2 Å². The first-order chi connectivity index (χ1) is 10.9. The molecular formula is C18H26N2O2S. The van der Waals surface area contributed by atoms with Gasteiger partial charge >= 0.3 is 0 Å². The van der Waals surface area contributed by atoms with Crippen LogP contribution >= 0.6 is 11.8 Å². The van der Waals surface area contributed by atoms with E-state index in [-0.39, 0.29) is 17.9 Å². The van der Waals surface area contributed by atoms with Crippen LogP contribution in [0.5, 0.6) is 0 Å². The van der Waals surface area contributed by atoms with Crippen LogP contribution in [0.15, 0.2) is 12.1 Å². The second-order valence-electron chi connectivity index (χ2n) is 6.32. The summed E-state index contributed by atoms with van der Waals surface area (Å²) in [5.74, 6) is 0.754. The van der Waals surface area contributed by atoms with Crippen LogP contribution in [-0.2, 0) is 16.0 Å². The van der Waals surface area contributed by atoms with Crippen LogP contribution in [0, 0.1) is 20.8 Å². The van der Waals surface area contributed by atoms with Gasteiger partial charge < -0.3 is 10.6 Å². The first-order valence-electron chi connectivity index (χ1n) is 8.08. The van der Waals surface area contributed by atoms with Crippen LogP contribution in [0.25, 0.3) is 0 Å². The van der Waals surface area contributed by atoms with Gasteiger partial charge in [0, 0.05) is 0 Å². The molecule has 0 spiro atoms. The third-order valence-electron chi connectivity index (χ3n) is 4.40. The Balaban J connectivity index is 1.97. The van der Waals surface area contributed by atoms with E-state index >= 15 is 0 Å². The molecule has 1 heterocycles. The fourth-order valence-electron chi connectivity index (χ4n) is 3.21. The molecule has 2 rings (SSSR count). The van der Waals surface area contributed by atoms with Crippen molar-refractivity contribution in [3.8, 4) is 0 Å². The third-order valence-corrected chi connectivity index (χ3v) is 5.04. The zero-order valence-electron chi connectivity index (χ0n) is 14.4. The standard InChI is InChI=1S/C18H26N2O2S/c1-11-9-12(2)14(13(3)10-11)5-6-15-17(21)20-16(7-8-23-4)18(22)19-15/h9-10,15-16H,5-8H2,1-4H3,(H,19,22)(H,20,21). The largest absolute Gasteiger partial charge is 0.343 e. The molecule has 0 saturated carbocycles. The van der Waals surface area contributed by atoms with E-state index in [2.05, 4.69) is 43.5 Å². The van der Waals surface area contributed by atoms with Gasteiger partial charge in [0.05, 0.1) is 0 Å². The zero-order valence-corrected chi connectivity index (χ0v) is 15.2. The molecule has 2 N–H and O–H groups in total. The zero-order chi connectivity index (χ0) is 17.0. The minimum atomic E-state index is -0.423. The van der Waals surface area contributed by atoms with E-state index in [1.54, 1.807) is 11.8 Å². The van der Waals surface area contributed by atoms with E-state index in [0.29, 0.717) is 12.8 Å². The van der Waals surface area contributed by atoms with Gasteiger partial charge in [-0.25, -0.2) is 0 Å². The minimum Gasteiger partial charge on any atom is -0.343 e. The maximum absolute atomic E-state index is 12.2. The van der Waals surface area contributed by atoms with Gasteiger partial charge in [0.25, 0.3) is 0 Å². The molecule has 0 radical (unpaired) electrons. The molecule has 1 aromatic rings. The summed E-state index contributed by atoms with van der Waals surface area (Å²) in [5, 5.41) is 5.75. The van der Waals surface area contributed by atoms with Gasteiger partial charge in [-0.05, 0) is 68.7 Å². The molecule has 1 saturated heterocycles. The number of piperazine rings is 1. The molecule has 1 aliphatic heterocycles. The van der Waals surface area contributed by atoms with Gasteiger partial charge in [0.1, 0.15) is 12.1 Å². The number of aryl methyl sites for hydroxylation is 3. The number of carbonyl (C=O) groups is 2. The second-order valence-corrected chi connectivity index (χ2v) is 7.31. The highest BCUT2D eigenvalue weighted by molar-refractivity contribution is 7.98. The Hall–Kier alpha value is -1.49. The molecule has 0 bridgehead atoms. The third kappa shape index (κ3) is 4.50. The summed E-state index contributed by atoms with van der Waals surface area (Å²) >= 11 is 1.68. The number of hydrogen-bond acceptors (Lipinski definition) is 3. The number of thioether (sulfide) groups is 1. The monoisotopic (exact) mass is 334 g/mol. The SMILES string of the molecule is CSCCC1NC(=O)C(CCc2c(C)cc(C)cc2C)NC1=O. The predicted octanol–water partition coefficient (Wildman–Crippen LogP) is 2.28. The first kappa shape index (κ1) is 17.9. The quantitative estimate of drug-likeness (QED) is 0.839. The average molecular weight is 334 g/mol. The summed E-state index contributed by atoms with van der Waals surface area (Å²) in [6.45, 7) is 6.30. The molecule has 5 heteroatoms. The summed E-state index contributed by atoms with van der Waals surface area (Å²) in [5.41, 5.74) is 5.04. The van der Waals surface area contributed by atoms with Crippen molar-refractivity contribution in [2.24, 2.45) is 0 Å². The molecule has 0 aliphatic carbocycles. The normalized spacial score (nSPS) is 21.0. The van der Waals surface area contributed by atoms with Crippen molar-refractivity contribution in [1.29, 1.82) is 0 Å². The molecule has 2 amide bonds. The number of hydrogen-bond donors (Lipinski definition) is 2. The predicted molar refractivity (Wildman–Crippen MR) is 95.8 cm³/mol. The molecule has 2 atom stereocenters.